The lowest BCUT2D eigenvalue weighted by molar-refractivity contribution is -0.137. The Morgan fingerprint density at radius 1 is 1.37 bits per heavy atom. The lowest BCUT2D eigenvalue weighted by Crippen LogP contribution is -2.68. The fourth-order valence-corrected chi connectivity index (χ4v) is 6.66. The standard InChI is InChI=1S/C23H30N2O5/c1-13(26)24-16-7-6-15-17-12-14-5-8-18(29-11-3-4-19(27)28)21-20(14)23(15,22(16)30-21)9-10-25(17)2/h5,8,15-17,22H,3-4,6-7,9-12H2,1-2H3,(H,24,26)(H,27,28)/t15-,16+,17-,22+,23+/m1/s1. The third-order valence-corrected chi connectivity index (χ3v) is 7.76. The first-order valence-electron chi connectivity index (χ1n) is 11.1. The summed E-state index contributed by atoms with van der Waals surface area (Å²) < 4.78 is 12.7. The molecule has 0 radical (unpaired) electrons. The van der Waals surface area contributed by atoms with Crippen molar-refractivity contribution in [2.45, 2.75) is 69.1 Å². The van der Waals surface area contributed by atoms with Crippen LogP contribution in [0.4, 0.5) is 0 Å². The van der Waals surface area contributed by atoms with E-state index in [1.807, 2.05) is 6.07 Å². The molecule has 2 N–H and O–H groups in total. The second-order valence-electron chi connectivity index (χ2n) is 9.34. The van der Waals surface area contributed by atoms with E-state index in [9.17, 15) is 9.59 Å². The van der Waals surface area contributed by atoms with Crippen LogP contribution >= 0.6 is 0 Å². The molecule has 1 amide bonds. The first-order chi connectivity index (χ1) is 14.4. The van der Waals surface area contributed by atoms with Gasteiger partial charge in [0.1, 0.15) is 6.10 Å². The largest absolute Gasteiger partial charge is 0.490 e. The van der Waals surface area contributed by atoms with Gasteiger partial charge in [-0.05, 0) is 63.2 Å². The predicted octanol–water partition coefficient (Wildman–Crippen LogP) is 2.10. The van der Waals surface area contributed by atoms with Gasteiger partial charge in [-0.3, -0.25) is 9.59 Å². The maximum absolute atomic E-state index is 11.9. The second kappa shape index (κ2) is 7.15. The third kappa shape index (κ3) is 2.82. The molecule has 1 saturated heterocycles. The number of likely N-dealkylation sites (tertiary alicyclic amines) is 1. The number of hydrogen-bond acceptors (Lipinski definition) is 5. The lowest BCUT2D eigenvalue weighted by atomic mass is 9.51. The highest BCUT2D eigenvalue weighted by atomic mass is 16.5. The van der Waals surface area contributed by atoms with Crippen molar-refractivity contribution in [3.8, 4) is 11.5 Å². The van der Waals surface area contributed by atoms with E-state index in [0.29, 0.717) is 30.7 Å². The van der Waals surface area contributed by atoms with E-state index in [4.69, 9.17) is 14.6 Å². The van der Waals surface area contributed by atoms with Gasteiger partial charge in [-0.25, -0.2) is 0 Å². The summed E-state index contributed by atoms with van der Waals surface area (Å²) in [6.45, 7) is 2.95. The van der Waals surface area contributed by atoms with E-state index < -0.39 is 5.97 Å². The number of carboxylic acids is 1. The van der Waals surface area contributed by atoms with Gasteiger partial charge in [-0.15, -0.1) is 0 Å². The Bertz CT molecular complexity index is 887. The summed E-state index contributed by atoms with van der Waals surface area (Å²) in [7, 11) is 2.23. The summed E-state index contributed by atoms with van der Waals surface area (Å²) in [6.07, 6.45) is 4.54. The number of carboxylic acid groups (broad SMARTS) is 1. The van der Waals surface area contributed by atoms with E-state index in [2.05, 4.69) is 23.3 Å². The van der Waals surface area contributed by atoms with E-state index in [-0.39, 0.29) is 29.9 Å². The molecule has 1 spiro atoms. The number of amides is 1. The van der Waals surface area contributed by atoms with E-state index in [1.54, 1.807) is 6.92 Å². The zero-order chi connectivity index (χ0) is 21.0. The summed E-state index contributed by atoms with van der Waals surface area (Å²) in [5.74, 6) is 1.23. The van der Waals surface area contributed by atoms with Crippen LogP contribution in [0.5, 0.6) is 11.5 Å². The minimum absolute atomic E-state index is 0.000941. The van der Waals surface area contributed by atoms with Crippen LogP contribution < -0.4 is 14.8 Å². The molecule has 4 aliphatic rings. The van der Waals surface area contributed by atoms with Crippen molar-refractivity contribution in [1.29, 1.82) is 0 Å². The summed E-state index contributed by atoms with van der Waals surface area (Å²) in [4.78, 5) is 25.2. The highest BCUT2D eigenvalue weighted by Gasteiger charge is 2.65. The van der Waals surface area contributed by atoms with Gasteiger partial charge >= 0.3 is 5.97 Å². The van der Waals surface area contributed by atoms with Crippen molar-refractivity contribution < 1.29 is 24.2 Å². The number of nitrogens with one attached hydrogen (secondary N) is 1. The van der Waals surface area contributed by atoms with Crippen LogP contribution in [0.25, 0.3) is 0 Å². The normalized spacial score (nSPS) is 33.4. The quantitative estimate of drug-likeness (QED) is 0.693. The smallest absolute Gasteiger partial charge is 0.303 e. The molecular formula is C23H30N2O5. The maximum atomic E-state index is 11.9. The Hall–Kier alpha value is -2.28. The molecule has 2 aliphatic carbocycles. The Kier molecular flexibility index (Phi) is 4.69. The Morgan fingerprint density at radius 3 is 2.97 bits per heavy atom. The van der Waals surface area contributed by atoms with Crippen molar-refractivity contribution in [1.82, 2.24) is 10.2 Å². The Labute approximate surface area is 176 Å². The minimum Gasteiger partial charge on any atom is -0.490 e. The molecule has 1 aromatic rings. The van der Waals surface area contributed by atoms with Crippen LogP contribution in [-0.2, 0) is 21.4 Å². The number of benzene rings is 1. The van der Waals surface area contributed by atoms with Gasteiger partial charge in [0, 0.05) is 30.4 Å². The molecule has 0 aromatic heterocycles. The molecule has 2 bridgehead atoms. The maximum Gasteiger partial charge on any atom is 0.303 e. The van der Waals surface area contributed by atoms with Crippen molar-refractivity contribution in [2.75, 3.05) is 20.2 Å². The van der Waals surface area contributed by atoms with Crippen LogP contribution in [0, 0.1) is 5.92 Å². The number of hydrogen-bond donors (Lipinski definition) is 2. The molecule has 5 atom stereocenters. The number of likely N-dealkylation sites (N-methyl/N-ethyl adjacent to an activating group) is 1. The number of rotatable bonds is 6. The minimum atomic E-state index is -0.812. The first-order valence-corrected chi connectivity index (χ1v) is 11.1. The van der Waals surface area contributed by atoms with Crippen LogP contribution in [0.15, 0.2) is 12.1 Å². The fourth-order valence-electron chi connectivity index (χ4n) is 6.66. The average Bonchev–Trinajstić information content (AvgIpc) is 3.05. The van der Waals surface area contributed by atoms with Crippen molar-refractivity contribution >= 4 is 11.9 Å². The number of carbonyl (C=O) groups excluding carboxylic acids is 1. The molecule has 5 rings (SSSR count). The monoisotopic (exact) mass is 414 g/mol. The summed E-state index contributed by atoms with van der Waals surface area (Å²) in [5, 5.41) is 12.0. The van der Waals surface area contributed by atoms with E-state index in [1.165, 1.54) is 11.1 Å². The summed E-state index contributed by atoms with van der Waals surface area (Å²) in [6, 6.07) is 4.65. The predicted molar refractivity (Wildman–Crippen MR) is 110 cm³/mol. The average molecular weight is 415 g/mol. The molecule has 2 fully saturated rings. The van der Waals surface area contributed by atoms with Crippen LogP contribution in [-0.4, -0.2) is 60.3 Å². The third-order valence-electron chi connectivity index (χ3n) is 7.76. The van der Waals surface area contributed by atoms with Crippen molar-refractivity contribution in [3.63, 3.8) is 0 Å². The second-order valence-corrected chi connectivity index (χ2v) is 9.34. The molecule has 2 heterocycles. The van der Waals surface area contributed by atoms with Gasteiger partial charge < -0.3 is 24.8 Å². The fraction of sp³-hybridized carbons (Fsp3) is 0.652. The van der Waals surface area contributed by atoms with Crippen molar-refractivity contribution in [2.24, 2.45) is 5.92 Å². The van der Waals surface area contributed by atoms with E-state index in [0.717, 1.165) is 38.0 Å². The number of ether oxygens (including phenoxy) is 2. The highest BCUT2D eigenvalue weighted by molar-refractivity contribution is 5.73. The number of carbonyl (C=O) groups is 2. The number of piperidine rings is 1. The van der Waals surface area contributed by atoms with Gasteiger partial charge in [0.15, 0.2) is 11.5 Å². The molecule has 1 aromatic carbocycles. The Balaban J connectivity index is 1.54. The van der Waals surface area contributed by atoms with Crippen LogP contribution in [0.3, 0.4) is 0 Å². The van der Waals surface area contributed by atoms with Gasteiger partial charge in [0.05, 0.1) is 12.6 Å². The van der Waals surface area contributed by atoms with Gasteiger partial charge in [0.25, 0.3) is 0 Å². The molecular weight excluding hydrogens is 384 g/mol. The zero-order valence-corrected chi connectivity index (χ0v) is 17.6. The van der Waals surface area contributed by atoms with E-state index >= 15 is 0 Å². The molecule has 7 nitrogen and oxygen atoms in total. The van der Waals surface area contributed by atoms with Gasteiger partial charge in [-0.2, -0.15) is 0 Å². The molecule has 7 heteroatoms. The summed E-state index contributed by atoms with van der Waals surface area (Å²) >= 11 is 0. The van der Waals surface area contributed by atoms with Crippen LogP contribution in [0.1, 0.15) is 50.2 Å². The number of aliphatic carboxylic acids is 1. The molecule has 162 valence electrons. The lowest BCUT2D eigenvalue weighted by Gasteiger charge is -2.59. The Morgan fingerprint density at radius 2 is 2.20 bits per heavy atom. The molecule has 1 saturated carbocycles. The molecule has 30 heavy (non-hydrogen) atoms. The topological polar surface area (TPSA) is 88.1 Å². The van der Waals surface area contributed by atoms with Crippen LogP contribution in [0.2, 0.25) is 0 Å². The number of nitrogens with zero attached hydrogens (tertiary/aromatic N) is 1. The summed E-state index contributed by atoms with van der Waals surface area (Å²) in [5.41, 5.74) is 2.56. The SMILES string of the molecule is CC(=O)N[C@H]1CC[C@@H]2[C@H]3Cc4ccc(OCCCC(=O)O)c5c4[C@@]2(CCN3C)[C@H]1O5. The van der Waals surface area contributed by atoms with Gasteiger partial charge in [-0.1, -0.05) is 6.07 Å². The zero-order valence-electron chi connectivity index (χ0n) is 17.6. The first kappa shape index (κ1) is 19.7. The highest BCUT2D eigenvalue weighted by Crippen LogP contribution is 2.63. The van der Waals surface area contributed by atoms with Crippen molar-refractivity contribution in [3.05, 3.63) is 23.3 Å². The van der Waals surface area contributed by atoms with Gasteiger partial charge in [0.2, 0.25) is 5.91 Å². The molecule has 2 aliphatic heterocycles. The molecule has 0 unspecified atom stereocenters.